The fraction of sp³-hybridized carbons (Fsp3) is 0.391. The smallest absolute Gasteiger partial charge is 0.246 e. The summed E-state index contributed by atoms with van der Waals surface area (Å²) in [5, 5.41) is 6.29. The normalized spacial score (nSPS) is 16.0. The zero-order valence-corrected chi connectivity index (χ0v) is 16.9. The second kappa shape index (κ2) is 8.91. The van der Waals surface area contributed by atoms with E-state index in [1.807, 2.05) is 54.3 Å². The molecule has 0 spiro atoms. The maximum Gasteiger partial charge on any atom is 0.246 e. The summed E-state index contributed by atoms with van der Waals surface area (Å²) in [6.45, 7) is 6.94. The molecule has 0 bridgehead atoms. The van der Waals surface area contributed by atoms with Crippen molar-refractivity contribution in [2.45, 2.75) is 52.0 Å². The number of carbonyl (C=O) groups is 2. The first-order chi connectivity index (χ1) is 13.5. The van der Waals surface area contributed by atoms with Gasteiger partial charge >= 0.3 is 0 Å². The van der Waals surface area contributed by atoms with E-state index in [2.05, 4.69) is 30.5 Å². The van der Waals surface area contributed by atoms with Gasteiger partial charge in [0, 0.05) is 30.0 Å². The molecule has 28 heavy (non-hydrogen) atoms. The third kappa shape index (κ3) is 4.53. The van der Waals surface area contributed by atoms with E-state index in [0.29, 0.717) is 12.3 Å². The van der Waals surface area contributed by atoms with Gasteiger partial charge in [0.1, 0.15) is 6.04 Å². The van der Waals surface area contributed by atoms with E-state index >= 15 is 0 Å². The number of para-hydroxylation sites is 1. The van der Waals surface area contributed by atoms with Crippen molar-refractivity contribution in [2.75, 3.05) is 22.1 Å². The Hall–Kier alpha value is -2.82. The predicted octanol–water partition coefficient (Wildman–Crippen LogP) is 4.77. The second-order valence-electron chi connectivity index (χ2n) is 7.45. The Morgan fingerprint density at radius 1 is 1.11 bits per heavy atom. The van der Waals surface area contributed by atoms with Crippen molar-refractivity contribution in [2.24, 2.45) is 0 Å². The molecule has 2 aromatic carbocycles. The average molecular weight is 380 g/mol. The van der Waals surface area contributed by atoms with Crippen LogP contribution in [0.4, 0.5) is 17.1 Å². The molecule has 1 heterocycles. The number of anilines is 3. The highest BCUT2D eigenvalue weighted by molar-refractivity contribution is 5.97. The van der Waals surface area contributed by atoms with Crippen LogP contribution in [0.3, 0.4) is 0 Å². The number of nitrogens with zero attached hydrogens (tertiary/aromatic N) is 1. The van der Waals surface area contributed by atoms with Gasteiger partial charge in [-0.2, -0.15) is 0 Å². The number of nitrogens with one attached hydrogen (secondary N) is 2. The van der Waals surface area contributed by atoms with Crippen LogP contribution in [-0.2, 0) is 9.59 Å². The molecule has 1 saturated heterocycles. The Morgan fingerprint density at radius 2 is 1.82 bits per heavy atom. The van der Waals surface area contributed by atoms with E-state index in [1.165, 1.54) is 0 Å². The van der Waals surface area contributed by atoms with E-state index in [9.17, 15) is 9.59 Å². The first-order valence-electron chi connectivity index (χ1n) is 10.1. The molecule has 2 amide bonds. The minimum absolute atomic E-state index is 0.0745. The van der Waals surface area contributed by atoms with Gasteiger partial charge in [0.15, 0.2) is 0 Å². The molecule has 1 aliphatic rings. The SMILES string of the molecule is CCC(C)c1ccccc1NC(=O)C(C)Nc1ccc(N2CCCC2=O)cc1. The van der Waals surface area contributed by atoms with E-state index < -0.39 is 0 Å². The topological polar surface area (TPSA) is 61.4 Å². The third-order valence-corrected chi connectivity index (χ3v) is 5.39. The zero-order valence-electron chi connectivity index (χ0n) is 16.9. The van der Waals surface area contributed by atoms with E-state index in [-0.39, 0.29) is 17.9 Å². The Morgan fingerprint density at radius 3 is 2.46 bits per heavy atom. The van der Waals surface area contributed by atoms with Crippen LogP contribution in [0.1, 0.15) is 51.5 Å². The molecule has 148 valence electrons. The van der Waals surface area contributed by atoms with Crippen molar-refractivity contribution in [3.63, 3.8) is 0 Å². The summed E-state index contributed by atoms with van der Waals surface area (Å²) < 4.78 is 0. The van der Waals surface area contributed by atoms with Crippen molar-refractivity contribution in [1.29, 1.82) is 0 Å². The zero-order chi connectivity index (χ0) is 20.1. The number of rotatable bonds is 7. The largest absolute Gasteiger partial charge is 0.374 e. The molecule has 5 nitrogen and oxygen atoms in total. The maximum atomic E-state index is 12.7. The van der Waals surface area contributed by atoms with Gasteiger partial charge in [-0.25, -0.2) is 0 Å². The van der Waals surface area contributed by atoms with Crippen LogP contribution in [0.15, 0.2) is 48.5 Å². The molecule has 2 N–H and O–H groups in total. The summed E-state index contributed by atoms with van der Waals surface area (Å²) in [5.41, 5.74) is 3.80. The Bertz CT molecular complexity index is 832. The number of hydrogen-bond donors (Lipinski definition) is 2. The van der Waals surface area contributed by atoms with Crippen LogP contribution in [-0.4, -0.2) is 24.4 Å². The van der Waals surface area contributed by atoms with Gasteiger partial charge in [-0.15, -0.1) is 0 Å². The fourth-order valence-corrected chi connectivity index (χ4v) is 3.48. The Balaban J connectivity index is 1.62. The fourth-order valence-electron chi connectivity index (χ4n) is 3.48. The quantitative estimate of drug-likeness (QED) is 0.729. The summed E-state index contributed by atoms with van der Waals surface area (Å²) in [5.74, 6) is 0.489. The van der Waals surface area contributed by atoms with Gasteiger partial charge in [-0.1, -0.05) is 32.0 Å². The van der Waals surface area contributed by atoms with Crippen LogP contribution in [0.5, 0.6) is 0 Å². The lowest BCUT2D eigenvalue weighted by Gasteiger charge is -2.20. The monoisotopic (exact) mass is 379 g/mol. The molecule has 3 rings (SSSR count). The molecule has 1 aliphatic heterocycles. The highest BCUT2D eigenvalue weighted by Gasteiger charge is 2.21. The summed E-state index contributed by atoms with van der Waals surface area (Å²) in [7, 11) is 0. The molecule has 2 aromatic rings. The van der Waals surface area contributed by atoms with Gasteiger partial charge in [-0.3, -0.25) is 9.59 Å². The van der Waals surface area contributed by atoms with Gasteiger partial charge < -0.3 is 15.5 Å². The Kier molecular flexibility index (Phi) is 6.34. The van der Waals surface area contributed by atoms with Crippen molar-refractivity contribution in [3.05, 3.63) is 54.1 Å². The molecule has 0 saturated carbocycles. The molecule has 5 heteroatoms. The van der Waals surface area contributed by atoms with Crippen molar-refractivity contribution in [1.82, 2.24) is 0 Å². The van der Waals surface area contributed by atoms with Crippen LogP contribution in [0.2, 0.25) is 0 Å². The van der Waals surface area contributed by atoms with Crippen molar-refractivity contribution >= 4 is 28.9 Å². The lowest BCUT2D eigenvalue weighted by molar-refractivity contribution is -0.117. The minimum atomic E-state index is -0.385. The summed E-state index contributed by atoms with van der Waals surface area (Å²) in [4.78, 5) is 26.3. The standard InChI is InChI=1S/C23H29N3O2/c1-4-16(2)20-8-5-6-9-21(20)25-23(28)17(3)24-18-11-13-19(14-12-18)26-15-7-10-22(26)27/h5-6,8-9,11-14,16-17,24H,4,7,10,15H2,1-3H3,(H,25,28). The predicted molar refractivity (Wildman–Crippen MR) is 115 cm³/mol. The lowest BCUT2D eigenvalue weighted by Crippen LogP contribution is -2.32. The molecule has 0 radical (unpaired) electrons. The van der Waals surface area contributed by atoms with Crippen molar-refractivity contribution in [3.8, 4) is 0 Å². The molecule has 2 unspecified atom stereocenters. The molecule has 1 fully saturated rings. The highest BCUT2D eigenvalue weighted by Crippen LogP contribution is 2.27. The van der Waals surface area contributed by atoms with Gasteiger partial charge in [0.05, 0.1) is 0 Å². The molecular formula is C23H29N3O2. The van der Waals surface area contributed by atoms with Crippen LogP contribution < -0.4 is 15.5 Å². The van der Waals surface area contributed by atoms with Gasteiger partial charge in [0.25, 0.3) is 0 Å². The number of carbonyl (C=O) groups excluding carboxylic acids is 2. The highest BCUT2D eigenvalue weighted by atomic mass is 16.2. The van der Waals surface area contributed by atoms with Gasteiger partial charge in [0.2, 0.25) is 11.8 Å². The summed E-state index contributed by atoms with van der Waals surface area (Å²) >= 11 is 0. The maximum absolute atomic E-state index is 12.7. The Labute approximate surface area is 167 Å². The third-order valence-electron chi connectivity index (χ3n) is 5.39. The summed E-state index contributed by atoms with van der Waals surface area (Å²) in [6, 6.07) is 15.3. The van der Waals surface area contributed by atoms with E-state index in [0.717, 1.165) is 42.0 Å². The van der Waals surface area contributed by atoms with E-state index in [1.54, 1.807) is 0 Å². The van der Waals surface area contributed by atoms with Crippen molar-refractivity contribution < 1.29 is 9.59 Å². The second-order valence-corrected chi connectivity index (χ2v) is 7.45. The summed E-state index contributed by atoms with van der Waals surface area (Å²) in [6.07, 6.45) is 2.55. The molecule has 2 atom stereocenters. The first-order valence-corrected chi connectivity index (χ1v) is 10.1. The van der Waals surface area contributed by atoms with Gasteiger partial charge in [-0.05, 0) is 61.6 Å². The molecular weight excluding hydrogens is 350 g/mol. The average Bonchev–Trinajstić information content (AvgIpc) is 3.14. The first kappa shape index (κ1) is 19.9. The van der Waals surface area contributed by atoms with E-state index in [4.69, 9.17) is 0 Å². The number of hydrogen-bond acceptors (Lipinski definition) is 3. The molecule has 0 aromatic heterocycles. The minimum Gasteiger partial charge on any atom is -0.374 e. The van der Waals surface area contributed by atoms with Crippen LogP contribution in [0.25, 0.3) is 0 Å². The van der Waals surface area contributed by atoms with Crippen LogP contribution >= 0.6 is 0 Å². The van der Waals surface area contributed by atoms with Crippen LogP contribution in [0, 0.1) is 0 Å². The number of benzene rings is 2. The molecule has 0 aliphatic carbocycles. The lowest BCUT2D eigenvalue weighted by atomic mass is 9.97. The number of amides is 2.